The number of aliphatic hydroxyl groups is 3. The zero-order valence-corrected chi connectivity index (χ0v) is 49.3. The Kier molecular flexibility index (Phi) is 21.3. The van der Waals surface area contributed by atoms with Gasteiger partial charge in [0.15, 0.2) is 18.9 Å². The summed E-state index contributed by atoms with van der Waals surface area (Å²) in [6, 6.07) is 5.07. The highest BCUT2D eigenvalue weighted by atomic mass is 32.2. The molecule has 21 nitrogen and oxygen atoms in total. The number of carbonyl (C=O) groups excluding carboxylic acids is 1. The third kappa shape index (κ3) is 14.3. The van der Waals surface area contributed by atoms with Crippen molar-refractivity contribution in [3.63, 3.8) is 0 Å². The van der Waals surface area contributed by atoms with Crippen molar-refractivity contribution < 1.29 is 80.5 Å². The Hall–Kier alpha value is -3.20. The maximum Gasteiger partial charge on any atom is 0.341 e. The van der Waals surface area contributed by atoms with Crippen LogP contribution in [0, 0.1) is 23.7 Å². The van der Waals surface area contributed by atoms with Gasteiger partial charge in [-0.05, 0) is 132 Å². The predicted molar refractivity (Wildman–Crippen MR) is 289 cm³/mol. The van der Waals surface area contributed by atoms with Crippen LogP contribution in [0.25, 0.3) is 10.9 Å². The molecule has 5 N–H and O–H groups in total. The highest BCUT2D eigenvalue weighted by Gasteiger charge is 2.56. The lowest BCUT2D eigenvalue weighted by Crippen LogP contribution is -2.63. The van der Waals surface area contributed by atoms with Crippen molar-refractivity contribution in [3.05, 3.63) is 45.7 Å². The van der Waals surface area contributed by atoms with Gasteiger partial charge in [-0.1, -0.05) is 33.8 Å². The molecule has 4 aliphatic heterocycles. The predicted octanol–water partition coefficient (Wildman–Crippen LogP) is 4.60. The summed E-state index contributed by atoms with van der Waals surface area (Å²) in [6.45, 7) is 22.2. The Labute approximate surface area is 460 Å². The molecule has 0 unspecified atom stereocenters. The molecule has 4 fully saturated rings. The van der Waals surface area contributed by atoms with Gasteiger partial charge in [-0.3, -0.25) is 13.8 Å². The first-order chi connectivity index (χ1) is 36.4. The number of fused-ring (bicyclic) bond motifs is 3. The molecule has 4 saturated heterocycles. The summed E-state index contributed by atoms with van der Waals surface area (Å²) in [5.74, 6) is -5.14. The fourth-order valence-electron chi connectivity index (χ4n) is 12.7. The number of hydrogen-bond donors (Lipinski definition) is 5. The largest absolute Gasteiger partial charge is 0.477 e. The number of rotatable bonds is 18. The molecule has 2 aromatic rings. The van der Waals surface area contributed by atoms with Gasteiger partial charge in [-0.2, -0.15) is 8.42 Å². The molecule has 78 heavy (non-hydrogen) atoms. The summed E-state index contributed by atoms with van der Waals surface area (Å²) in [7, 11) is 0.968. The molecular formula is C56H91N3O18S. The van der Waals surface area contributed by atoms with Gasteiger partial charge >= 0.3 is 11.9 Å². The second-order valence-electron chi connectivity index (χ2n) is 23.5. The van der Waals surface area contributed by atoms with Gasteiger partial charge in [0.25, 0.3) is 10.1 Å². The molecule has 20 atom stereocenters. The monoisotopic (exact) mass is 1130 g/mol. The maximum absolute atomic E-state index is 14.7. The number of likely N-dealkylation sites (N-methyl/N-ethyl adjacent to an activating group) is 1. The molecule has 0 saturated carbocycles. The van der Waals surface area contributed by atoms with E-state index in [-0.39, 0.29) is 55.2 Å². The van der Waals surface area contributed by atoms with E-state index in [1.165, 1.54) is 13.3 Å². The van der Waals surface area contributed by atoms with Gasteiger partial charge in [0.1, 0.15) is 29.5 Å². The van der Waals surface area contributed by atoms with Crippen LogP contribution in [0.1, 0.15) is 131 Å². The first-order valence-electron chi connectivity index (χ1n) is 27.9. The Morgan fingerprint density at radius 2 is 1.62 bits per heavy atom. The topological polar surface area (TPSA) is 270 Å². The summed E-state index contributed by atoms with van der Waals surface area (Å²) in [4.78, 5) is 41.4. The number of carboxylic acid groups (broad SMARTS) is 1. The molecule has 1 aromatic carbocycles. The van der Waals surface area contributed by atoms with Crippen LogP contribution in [0.4, 0.5) is 0 Å². The average Bonchev–Trinajstić information content (AvgIpc) is 3.49. The molecule has 2 bridgehead atoms. The number of nitrogens with one attached hydrogen (secondary N) is 1. The number of aromatic carboxylic acids is 1. The normalized spacial score (nSPS) is 39.4. The molecule has 1 aromatic heterocycles. The number of nitrogens with zero attached hydrogens (tertiary/aromatic N) is 2. The van der Waals surface area contributed by atoms with Crippen LogP contribution in [-0.2, 0) is 70.0 Å². The van der Waals surface area contributed by atoms with E-state index in [1.807, 2.05) is 59.7 Å². The summed E-state index contributed by atoms with van der Waals surface area (Å²) in [5, 5.41) is 50.2. The fourth-order valence-corrected chi connectivity index (χ4v) is 13.8. The lowest BCUT2D eigenvalue weighted by atomic mass is 9.73. The maximum atomic E-state index is 14.7. The molecular weight excluding hydrogens is 1030 g/mol. The van der Waals surface area contributed by atoms with Crippen molar-refractivity contribution in [2.24, 2.45) is 23.7 Å². The zero-order valence-electron chi connectivity index (χ0n) is 48.5. The molecule has 0 radical (unpaired) electrons. The summed E-state index contributed by atoms with van der Waals surface area (Å²) >= 11 is 0. The van der Waals surface area contributed by atoms with E-state index in [1.54, 1.807) is 65.2 Å². The minimum Gasteiger partial charge on any atom is -0.477 e. The van der Waals surface area contributed by atoms with Gasteiger partial charge in [-0.15, -0.1) is 0 Å². The van der Waals surface area contributed by atoms with E-state index in [0.29, 0.717) is 43.3 Å². The van der Waals surface area contributed by atoms with Crippen LogP contribution in [0.15, 0.2) is 29.2 Å². The summed E-state index contributed by atoms with van der Waals surface area (Å²) in [6.07, 6.45) is -8.04. The van der Waals surface area contributed by atoms with Crippen molar-refractivity contribution in [3.8, 4) is 0 Å². The Bertz CT molecular complexity index is 2530. The molecule has 0 amide bonds. The number of pyridine rings is 1. The third-order valence-electron chi connectivity index (χ3n) is 16.9. The summed E-state index contributed by atoms with van der Waals surface area (Å²) < 4.78 is 86.5. The van der Waals surface area contributed by atoms with E-state index in [4.69, 9.17) is 42.1 Å². The molecule has 0 aliphatic carbocycles. The lowest BCUT2D eigenvalue weighted by molar-refractivity contribution is -0.325. The van der Waals surface area contributed by atoms with Crippen LogP contribution >= 0.6 is 0 Å². The lowest BCUT2D eigenvalue weighted by Gasteiger charge is -2.51. The quantitative estimate of drug-likeness (QED) is 0.0776. The molecule has 0 spiro atoms. The van der Waals surface area contributed by atoms with E-state index < -0.39 is 130 Å². The molecule has 22 heteroatoms. The number of cyclic esters (lactones) is 1. The first kappa shape index (κ1) is 64.0. The standard InChI is InChI=1S/C56H91N3O18S/c1-16-42-56(12,66)49-32(5)46(72-36(9)73-49)30(3)27-54(10,65)48(76-53-45(61)41(58(13)14)25-31(4)70-53)33(6)47(34(7)52(64)74-42)75-43-28-55(11,69-15)50(35(8)71-43)77-78(67,68)24-23-57-22-18-19-37-20-21-40-38(26-37)44(60)39(51(62)63)29-59(40)17-2/h20-21,26,29-36,41-43,45-50,53,57,61,65-66H,16-19,22-25,27-28H2,1-15H3,(H,62,63)/t30-,31-,32+,33+,34-,35+,36+,41+,42-,43+,45-,46+,47+,48-,49-,50+,53+,54-,55-,56-/m1/s1. The van der Waals surface area contributed by atoms with Crippen molar-refractivity contribution in [1.29, 1.82) is 0 Å². The summed E-state index contributed by atoms with van der Waals surface area (Å²) in [5.41, 5.74) is -4.07. The van der Waals surface area contributed by atoms with E-state index in [2.05, 4.69) is 5.32 Å². The van der Waals surface area contributed by atoms with Crippen LogP contribution < -0.4 is 10.7 Å². The highest BCUT2D eigenvalue weighted by Crippen LogP contribution is 2.44. The number of esters is 1. The third-order valence-corrected chi connectivity index (χ3v) is 18.1. The van der Waals surface area contributed by atoms with Crippen LogP contribution in [0.5, 0.6) is 0 Å². The van der Waals surface area contributed by atoms with Crippen LogP contribution in [-0.4, -0.2) is 187 Å². The highest BCUT2D eigenvalue weighted by molar-refractivity contribution is 7.86. The second-order valence-corrected chi connectivity index (χ2v) is 25.2. The smallest absolute Gasteiger partial charge is 0.341 e. The molecule has 4 aliphatic rings. The molecule has 444 valence electrons. The number of aryl methyl sites for hydroxylation is 2. The first-order valence-corrected chi connectivity index (χ1v) is 29.5. The molecule has 6 rings (SSSR count). The zero-order chi connectivity index (χ0) is 58.0. The van der Waals surface area contributed by atoms with Gasteiger partial charge in [-0.25, -0.2) is 4.79 Å². The van der Waals surface area contributed by atoms with Gasteiger partial charge < -0.3 is 73.1 Å². The van der Waals surface area contributed by atoms with Gasteiger partial charge in [0.2, 0.25) is 5.43 Å². The van der Waals surface area contributed by atoms with Crippen LogP contribution in [0.2, 0.25) is 0 Å². The van der Waals surface area contributed by atoms with Crippen molar-refractivity contribution in [1.82, 2.24) is 14.8 Å². The number of ether oxygens (including phenoxy) is 8. The van der Waals surface area contributed by atoms with Crippen molar-refractivity contribution in [2.45, 2.75) is 225 Å². The average molecular weight is 1130 g/mol. The number of methoxy groups -OCH3 is 1. The fraction of sp³-hybridized carbons (Fsp3) is 0.804. The number of carbonyl (C=O) groups is 2. The number of benzene rings is 1. The van der Waals surface area contributed by atoms with E-state index >= 15 is 0 Å². The minimum absolute atomic E-state index is 0.0610. The Morgan fingerprint density at radius 1 is 0.923 bits per heavy atom. The van der Waals surface area contributed by atoms with E-state index in [9.17, 15) is 43.2 Å². The Morgan fingerprint density at radius 3 is 2.24 bits per heavy atom. The van der Waals surface area contributed by atoms with Crippen molar-refractivity contribution >= 4 is 33.0 Å². The van der Waals surface area contributed by atoms with Crippen LogP contribution in [0.3, 0.4) is 0 Å². The SMILES string of the molecule is CC[C@H]1OC(=O)[C@H](C)[C@@H](O[C@H]2C[C@@](C)(OC)[C@@H](OS(=O)(=O)CCNCCCc3ccc4c(c3)c(=O)c(C(=O)O)cn4CC)[C@H](C)O2)[C@H](C)[C@@H](O[C@@H]2O[C@H](C)C[C@H](N(C)C)[C@H]2O)[C@](C)(O)C[C@@H](C)[C@@H]2O[C@H](C)O[C@H]([C@H]2C)[C@]1(C)O. The number of carboxylic acids is 1. The Balaban J connectivity index is 1.21. The van der Waals surface area contributed by atoms with E-state index in [0.717, 1.165) is 5.56 Å². The number of aliphatic hydroxyl groups excluding tert-OH is 1. The van der Waals surface area contributed by atoms with Gasteiger partial charge in [0, 0.05) is 56.1 Å². The minimum atomic E-state index is -4.19. The van der Waals surface area contributed by atoms with Gasteiger partial charge in [0.05, 0.1) is 65.0 Å². The number of aromatic nitrogens is 1. The second kappa shape index (κ2) is 25.9. The number of hydrogen-bond acceptors (Lipinski definition) is 19. The van der Waals surface area contributed by atoms with Crippen molar-refractivity contribution in [2.75, 3.05) is 40.0 Å². The molecule has 5 heterocycles.